The second-order valence-electron chi connectivity index (χ2n) is 13.1. The summed E-state index contributed by atoms with van der Waals surface area (Å²) in [6.07, 6.45) is 1.40. The number of hydrogen-bond donors (Lipinski definition) is 3. The standard InChI is InChI=1S/C32H46N4O9S2/c1-22(2)18-36(47(42,43)24-13-14-26-27(17-24)45-21-44-26)19-25(37)29(23-11-7-6-8-12-23)34-31(39)30(32(3,4)46(5,40)41)33-28(38)20-35-15-9-10-16-35/h6-8,11-14,17,22,25,29-30,37H,9-10,15-16,18-21H2,1-5H3,(H,33,38)(H,34,39)/t25-,29+,30-/m1/s1. The molecule has 2 aliphatic rings. The number of rotatable bonds is 15. The fourth-order valence-corrected chi connectivity index (χ4v) is 7.83. The summed E-state index contributed by atoms with van der Waals surface area (Å²) in [5, 5.41) is 17.1. The van der Waals surface area contributed by atoms with Crippen molar-refractivity contribution >= 4 is 31.7 Å². The minimum absolute atomic E-state index is 0.0102. The van der Waals surface area contributed by atoms with E-state index in [1.54, 1.807) is 30.3 Å². The van der Waals surface area contributed by atoms with Gasteiger partial charge in [0.1, 0.15) is 6.04 Å². The zero-order valence-electron chi connectivity index (χ0n) is 27.5. The van der Waals surface area contributed by atoms with Gasteiger partial charge in [0.05, 0.1) is 28.3 Å². The second kappa shape index (κ2) is 14.9. The number of carbonyl (C=O) groups is 2. The van der Waals surface area contributed by atoms with E-state index >= 15 is 0 Å². The third-order valence-electron chi connectivity index (χ3n) is 8.57. The molecule has 0 aliphatic carbocycles. The molecule has 0 radical (unpaired) electrons. The van der Waals surface area contributed by atoms with E-state index in [2.05, 4.69) is 10.6 Å². The van der Waals surface area contributed by atoms with Crippen LogP contribution in [0.2, 0.25) is 0 Å². The average Bonchev–Trinajstić information content (AvgIpc) is 3.69. The van der Waals surface area contributed by atoms with Gasteiger partial charge in [0.25, 0.3) is 0 Å². The second-order valence-corrected chi connectivity index (χ2v) is 17.6. The van der Waals surface area contributed by atoms with E-state index in [1.807, 2.05) is 18.7 Å². The molecular formula is C32H46N4O9S2. The maximum Gasteiger partial charge on any atom is 0.244 e. The van der Waals surface area contributed by atoms with Gasteiger partial charge < -0.3 is 25.2 Å². The number of ether oxygens (including phenoxy) is 2. The molecule has 1 saturated heterocycles. The molecule has 13 nitrogen and oxygen atoms in total. The predicted octanol–water partition coefficient (Wildman–Crippen LogP) is 1.68. The number of fused-ring (bicyclic) bond motifs is 1. The summed E-state index contributed by atoms with van der Waals surface area (Å²) in [5.41, 5.74) is 0.456. The Morgan fingerprint density at radius 2 is 1.60 bits per heavy atom. The van der Waals surface area contributed by atoms with Gasteiger partial charge in [-0.25, -0.2) is 16.8 Å². The Labute approximate surface area is 277 Å². The molecule has 2 aromatic carbocycles. The lowest BCUT2D eigenvalue weighted by atomic mass is 9.97. The number of likely N-dealkylation sites (tertiary alicyclic amines) is 1. The maximum absolute atomic E-state index is 14.0. The van der Waals surface area contributed by atoms with E-state index in [0.717, 1.165) is 36.5 Å². The van der Waals surface area contributed by atoms with Crippen LogP contribution in [0.15, 0.2) is 53.4 Å². The Hall–Kier alpha value is -3.24. The Bertz CT molecular complexity index is 1630. The number of amides is 2. The molecule has 260 valence electrons. The van der Waals surface area contributed by atoms with Crippen LogP contribution in [-0.4, -0.2) is 106 Å². The quantitative estimate of drug-likeness (QED) is 0.249. The number of benzene rings is 2. The van der Waals surface area contributed by atoms with Crippen LogP contribution in [0.25, 0.3) is 0 Å². The summed E-state index contributed by atoms with van der Waals surface area (Å²) < 4.78 is 63.7. The van der Waals surface area contributed by atoms with Crippen molar-refractivity contribution in [3.05, 3.63) is 54.1 Å². The van der Waals surface area contributed by atoms with E-state index in [0.29, 0.717) is 11.3 Å². The molecule has 2 aromatic rings. The van der Waals surface area contributed by atoms with Gasteiger partial charge in [0.2, 0.25) is 28.6 Å². The molecule has 0 unspecified atom stereocenters. The van der Waals surface area contributed by atoms with Gasteiger partial charge in [-0.3, -0.25) is 14.5 Å². The lowest BCUT2D eigenvalue weighted by Crippen LogP contribution is -2.62. The summed E-state index contributed by atoms with van der Waals surface area (Å²) >= 11 is 0. The van der Waals surface area contributed by atoms with Gasteiger partial charge in [-0.1, -0.05) is 44.2 Å². The van der Waals surface area contributed by atoms with E-state index in [9.17, 15) is 31.5 Å². The summed E-state index contributed by atoms with van der Waals surface area (Å²) in [6, 6.07) is 10.1. The van der Waals surface area contributed by atoms with Crippen LogP contribution in [0, 0.1) is 5.92 Å². The summed E-state index contributed by atoms with van der Waals surface area (Å²) in [7, 11) is -8.04. The molecule has 0 spiro atoms. The molecule has 1 fully saturated rings. The minimum Gasteiger partial charge on any atom is -0.454 e. The van der Waals surface area contributed by atoms with Crippen molar-refractivity contribution in [1.29, 1.82) is 0 Å². The van der Waals surface area contributed by atoms with Crippen LogP contribution < -0.4 is 20.1 Å². The van der Waals surface area contributed by atoms with Gasteiger partial charge in [-0.15, -0.1) is 0 Å². The fourth-order valence-electron chi connectivity index (χ4n) is 5.60. The van der Waals surface area contributed by atoms with E-state index < -0.39 is 61.2 Å². The molecule has 3 atom stereocenters. The molecule has 2 heterocycles. The monoisotopic (exact) mass is 694 g/mol. The van der Waals surface area contributed by atoms with Crippen molar-refractivity contribution < 1.29 is 41.0 Å². The number of sulfone groups is 1. The first kappa shape index (κ1) is 36.6. The smallest absolute Gasteiger partial charge is 0.244 e. The van der Waals surface area contributed by atoms with Crippen LogP contribution in [0.3, 0.4) is 0 Å². The Morgan fingerprint density at radius 1 is 0.957 bits per heavy atom. The molecule has 0 bridgehead atoms. The van der Waals surface area contributed by atoms with Crippen LogP contribution in [0.5, 0.6) is 11.5 Å². The highest BCUT2D eigenvalue weighted by Crippen LogP contribution is 2.35. The Balaban J connectivity index is 1.64. The first-order valence-corrected chi connectivity index (χ1v) is 19.0. The predicted molar refractivity (Wildman–Crippen MR) is 176 cm³/mol. The van der Waals surface area contributed by atoms with Gasteiger partial charge in [-0.2, -0.15) is 4.31 Å². The lowest BCUT2D eigenvalue weighted by Gasteiger charge is -2.35. The summed E-state index contributed by atoms with van der Waals surface area (Å²) in [4.78, 5) is 29.0. The highest BCUT2D eigenvalue weighted by atomic mass is 32.2. The van der Waals surface area contributed by atoms with Crippen molar-refractivity contribution in [3.8, 4) is 11.5 Å². The molecule has 15 heteroatoms. The van der Waals surface area contributed by atoms with Gasteiger partial charge >= 0.3 is 0 Å². The van der Waals surface area contributed by atoms with Crippen LogP contribution in [-0.2, 0) is 29.4 Å². The van der Waals surface area contributed by atoms with E-state index in [1.165, 1.54) is 32.0 Å². The molecule has 3 N–H and O–H groups in total. The van der Waals surface area contributed by atoms with Crippen LogP contribution in [0.1, 0.15) is 52.1 Å². The zero-order valence-corrected chi connectivity index (χ0v) is 29.1. The number of carbonyl (C=O) groups excluding carboxylic acids is 2. The van der Waals surface area contributed by atoms with E-state index in [4.69, 9.17) is 9.47 Å². The van der Waals surface area contributed by atoms with Crippen LogP contribution in [0.4, 0.5) is 0 Å². The molecule has 2 amide bonds. The SMILES string of the molecule is CC(C)CN(C[C@@H](O)[C@@H](NC(=O)[C@@H](NC(=O)CN1CCCC1)C(C)(C)S(C)(=O)=O)c1ccccc1)S(=O)(=O)c1ccc2c(c1)OCO2. The minimum atomic E-state index is -4.16. The Morgan fingerprint density at radius 3 is 2.21 bits per heavy atom. The molecule has 47 heavy (non-hydrogen) atoms. The molecule has 4 rings (SSSR count). The van der Waals surface area contributed by atoms with Crippen molar-refractivity contribution in [1.82, 2.24) is 19.8 Å². The number of nitrogens with zero attached hydrogens (tertiary/aromatic N) is 2. The largest absolute Gasteiger partial charge is 0.454 e. The lowest BCUT2D eigenvalue weighted by molar-refractivity contribution is -0.131. The normalized spacial score (nSPS) is 17.4. The van der Waals surface area contributed by atoms with Crippen molar-refractivity contribution in [2.24, 2.45) is 5.92 Å². The van der Waals surface area contributed by atoms with Crippen molar-refractivity contribution in [2.45, 2.75) is 68.4 Å². The number of sulfonamides is 1. The summed E-state index contributed by atoms with van der Waals surface area (Å²) in [6.45, 7) is 7.49. The van der Waals surface area contributed by atoms with Gasteiger partial charge in [0, 0.05) is 25.4 Å². The molecule has 0 saturated carbocycles. The average molecular weight is 695 g/mol. The first-order chi connectivity index (χ1) is 22.0. The Kier molecular flexibility index (Phi) is 11.6. The highest BCUT2D eigenvalue weighted by Gasteiger charge is 2.45. The third-order valence-corrected chi connectivity index (χ3v) is 12.5. The van der Waals surface area contributed by atoms with E-state index in [-0.39, 0.29) is 36.4 Å². The maximum atomic E-state index is 14.0. The molecule has 0 aromatic heterocycles. The number of aliphatic hydroxyl groups excluding tert-OH is 1. The first-order valence-electron chi connectivity index (χ1n) is 15.6. The van der Waals surface area contributed by atoms with Crippen LogP contribution >= 0.6 is 0 Å². The molecule has 2 aliphatic heterocycles. The highest BCUT2D eigenvalue weighted by molar-refractivity contribution is 7.92. The number of nitrogens with one attached hydrogen (secondary N) is 2. The fraction of sp³-hybridized carbons (Fsp3) is 0.562. The van der Waals surface area contributed by atoms with Gasteiger partial charge in [-0.05, 0) is 63.4 Å². The number of aliphatic hydroxyl groups is 1. The topological polar surface area (TPSA) is 172 Å². The molecular weight excluding hydrogens is 649 g/mol. The zero-order chi connectivity index (χ0) is 34.6. The van der Waals surface area contributed by atoms with Gasteiger partial charge in [0.15, 0.2) is 21.3 Å². The number of hydrogen-bond acceptors (Lipinski definition) is 10. The van der Waals surface area contributed by atoms with Crippen molar-refractivity contribution in [3.63, 3.8) is 0 Å². The summed E-state index contributed by atoms with van der Waals surface area (Å²) in [5.74, 6) is -0.751. The third kappa shape index (κ3) is 8.82. The van der Waals surface area contributed by atoms with Crippen molar-refractivity contribution in [2.75, 3.05) is 45.8 Å².